The Morgan fingerprint density at radius 2 is 2.00 bits per heavy atom. The maximum absolute atomic E-state index is 12.4. The number of benzene rings is 1. The van der Waals surface area contributed by atoms with E-state index in [4.69, 9.17) is 4.74 Å². The lowest BCUT2D eigenvalue weighted by atomic mass is 10.2. The highest BCUT2D eigenvalue weighted by Crippen LogP contribution is 2.16. The van der Waals surface area contributed by atoms with E-state index in [2.05, 4.69) is 10.3 Å². The van der Waals surface area contributed by atoms with Crippen LogP contribution in [-0.2, 0) is 17.8 Å². The first-order chi connectivity index (χ1) is 11.7. The predicted molar refractivity (Wildman–Crippen MR) is 110 cm³/mol. The van der Waals surface area contributed by atoms with Crippen molar-refractivity contribution >= 4 is 42.1 Å². The number of aryl methyl sites for hydroxylation is 1. The molecule has 3 rings (SSSR count). The van der Waals surface area contributed by atoms with E-state index >= 15 is 0 Å². The first-order valence-electron chi connectivity index (χ1n) is 8.32. The molecule has 0 radical (unpaired) electrons. The van der Waals surface area contributed by atoms with Gasteiger partial charge in [-0.05, 0) is 32.0 Å². The molecule has 26 heavy (non-hydrogen) atoms. The minimum Gasteiger partial charge on any atom is -0.486 e. The number of hydrogen-bond donors (Lipinski definition) is 1. The van der Waals surface area contributed by atoms with Crippen LogP contribution < -0.4 is 10.1 Å². The first-order valence-corrected chi connectivity index (χ1v) is 9.20. The molecule has 2 aromatic rings. The van der Waals surface area contributed by atoms with E-state index in [9.17, 15) is 4.79 Å². The van der Waals surface area contributed by atoms with Crippen LogP contribution in [0.25, 0.3) is 0 Å². The van der Waals surface area contributed by atoms with E-state index in [1.165, 1.54) is 5.56 Å². The third-order valence-corrected chi connectivity index (χ3v) is 4.88. The number of hydrogen-bond acceptors (Lipinski definition) is 5. The van der Waals surface area contributed by atoms with Crippen LogP contribution in [0, 0.1) is 6.92 Å². The number of nitrogens with one attached hydrogen (secondary N) is 1. The number of carbonyl (C=O) groups is 1. The van der Waals surface area contributed by atoms with Crippen molar-refractivity contribution in [3.05, 3.63) is 45.9 Å². The number of rotatable bonds is 5. The van der Waals surface area contributed by atoms with E-state index in [0.717, 1.165) is 49.1 Å². The zero-order chi connectivity index (χ0) is 16.8. The van der Waals surface area contributed by atoms with Gasteiger partial charge in [0.2, 0.25) is 5.91 Å². The second-order valence-corrected chi connectivity index (χ2v) is 6.94. The van der Waals surface area contributed by atoms with Gasteiger partial charge in [-0.1, -0.05) is 17.7 Å². The molecule has 2 heterocycles. The third-order valence-electron chi connectivity index (χ3n) is 4.01. The minimum absolute atomic E-state index is 0. The summed E-state index contributed by atoms with van der Waals surface area (Å²) < 4.78 is 5.74. The van der Waals surface area contributed by atoms with Gasteiger partial charge in [-0.3, -0.25) is 4.79 Å². The molecule has 1 aliphatic heterocycles. The number of halogens is 2. The van der Waals surface area contributed by atoms with Crippen LogP contribution >= 0.6 is 36.2 Å². The standard InChI is InChI=1S/C18H23N3O2S.2ClH/c1-14-3-5-16(6-4-14)23-12-17-20-15(13-24-17)11-18(22)21-9-2-7-19-8-10-21;;/h3-6,13,19H,2,7-12H2,1H3;2*1H. The summed E-state index contributed by atoms with van der Waals surface area (Å²) in [5.74, 6) is 1.00. The van der Waals surface area contributed by atoms with Crippen LogP contribution in [-0.4, -0.2) is 42.0 Å². The number of amides is 1. The number of nitrogens with zero attached hydrogens (tertiary/aromatic N) is 2. The van der Waals surface area contributed by atoms with E-state index in [-0.39, 0.29) is 30.7 Å². The van der Waals surface area contributed by atoms with Crippen LogP contribution in [0.15, 0.2) is 29.6 Å². The van der Waals surface area contributed by atoms with Crippen molar-refractivity contribution in [2.45, 2.75) is 26.4 Å². The molecule has 1 fully saturated rings. The lowest BCUT2D eigenvalue weighted by Crippen LogP contribution is -2.35. The first kappa shape index (κ1) is 22.7. The molecule has 1 saturated heterocycles. The number of thiazole rings is 1. The Morgan fingerprint density at radius 1 is 1.23 bits per heavy atom. The summed E-state index contributed by atoms with van der Waals surface area (Å²) in [4.78, 5) is 18.8. The van der Waals surface area contributed by atoms with Crippen LogP contribution in [0.4, 0.5) is 0 Å². The van der Waals surface area contributed by atoms with Gasteiger partial charge in [0.15, 0.2) is 0 Å². The molecule has 1 aromatic carbocycles. The Kier molecular flexibility index (Phi) is 9.94. The molecule has 8 heteroatoms. The van der Waals surface area contributed by atoms with Crippen molar-refractivity contribution in [2.75, 3.05) is 26.2 Å². The molecule has 1 aromatic heterocycles. The van der Waals surface area contributed by atoms with E-state index in [0.29, 0.717) is 13.0 Å². The molecule has 0 aliphatic carbocycles. The Morgan fingerprint density at radius 3 is 2.77 bits per heavy atom. The Balaban J connectivity index is 0.00000169. The summed E-state index contributed by atoms with van der Waals surface area (Å²) in [5.41, 5.74) is 2.05. The van der Waals surface area contributed by atoms with Gasteiger partial charge in [-0.25, -0.2) is 4.98 Å². The molecule has 1 N–H and O–H groups in total. The van der Waals surface area contributed by atoms with E-state index < -0.39 is 0 Å². The SMILES string of the molecule is Cc1ccc(OCc2nc(CC(=O)N3CCCNCC3)cs2)cc1.Cl.Cl. The third kappa shape index (κ3) is 6.76. The normalized spacial score (nSPS) is 14.0. The topological polar surface area (TPSA) is 54.5 Å². The van der Waals surface area contributed by atoms with Gasteiger partial charge < -0.3 is 15.0 Å². The second-order valence-electron chi connectivity index (χ2n) is 6.00. The van der Waals surface area contributed by atoms with Gasteiger partial charge >= 0.3 is 0 Å². The van der Waals surface area contributed by atoms with Gasteiger partial charge in [-0.2, -0.15) is 0 Å². The molecule has 1 aliphatic rings. The van der Waals surface area contributed by atoms with Crippen LogP contribution in [0.1, 0.15) is 22.7 Å². The van der Waals surface area contributed by atoms with Crippen molar-refractivity contribution in [2.24, 2.45) is 0 Å². The van der Waals surface area contributed by atoms with Gasteiger partial charge in [-0.15, -0.1) is 36.2 Å². The van der Waals surface area contributed by atoms with Crippen molar-refractivity contribution < 1.29 is 9.53 Å². The van der Waals surface area contributed by atoms with Crippen molar-refractivity contribution in [3.63, 3.8) is 0 Å². The fraction of sp³-hybridized carbons (Fsp3) is 0.444. The fourth-order valence-electron chi connectivity index (χ4n) is 2.64. The monoisotopic (exact) mass is 417 g/mol. The molecular formula is C18H25Cl2N3O2S. The molecule has 0 unspecified atom stereocenters. The Hall–Kier alpha value is -1.34. The molecule has 0 bridgehead atoms. The van der Waals surface area contributed by atoms with Crippen LogP contribution in [0.2, 0.25) is 0 Å². The van der Waals surface area contributed by atoms with Gasteiger partial charge in [0, 0.05) is 25.0 Å². The summed E-state index contributed by atoms with van der Waals surface area (Å²) in [5, 5.41) is 6.17. The highest BCUT2D eigenvalue weighted by molar-refractivity contribution is 7.09. The molecular weight excluding hydrogens is 393 g/mol. The highest BCUT2D eigenvalue weighted by Gasteiger charge is 2.17. The van der Waals surface area contributed by atoms with Gasteiger partial charge in [0.05, 0.1) is 12.1 Å². The zero-order valence-corrected chi connectivity index (χ0v) is 17.2. The second kappa shape index (κ2) is 11.4. The number of ether oxygens (including phenoxy) is 1. The molecule has 0 saturated carbocycles. The highest BCUT2D eigenvalue weighted by atomic mass is 35.5. The summed E-state index contributed by atoms with van der Waals surface area (Å²) in [6, 6.07) is 7.97. The van der Waals surface area contributed by atoms with E-state index in [1.54, 1.807) is 11.3 Å². The number of carbonyl (C=O) groups excluding carboxylic acids is 1. The van der Waals surface area contributed by atoms with Gasteiger partial charge in [0.1, 0.15) is 17.4 Å². The van der Waals surface area contributed by atoms with E-state index in [1.807, 2.05) is 41.5 Å². The van der Waals surface area contributed by atoms with Crippen LogP contribution in [0.5, 0.6) is 5.75 Å². The Bertz CT molecular complexity index is 671. The average Bonchev–Trinajstić information content (AvgIpc) is 2.85. The molecule has 0 atom stereocenters. The average molecular weight is 418 g/mol. The van der Waals surface area contributed by atoms with Crippen molar-refractivity contribution in [1.29, 1.82) is 0 Å². The largest absolute Gasteiger partial charge is 0.486 e. The summed E-state index contributed by atoms with van der Waals surface area (Å²) in [7, 11) is 0. The smallest absolute Gasteiger partial charge is 0.228 e. The lowest BCUT2D eigenvalue weighted by molar-refractivity contribution is -0.130. The van der Waals surface area contributed by atoms with Gasteiger partial charge in [0.25, 0.3) is 0 Å². The number of aromatic nitrogens is 1. The molecule has 5 nitrogen and oxygen atoms in total. The zero-order valence-electron chi connectivity index (χ0n) is 14.8. The summed E-state index contributed by atoms with van der Waals surface area (Å²) >= 11 is 1.55. The summed E-state index contributed by atoms with van der Waals surface area (Å²) in [6.07, 6.45) is 1.39. The molecule has 144 valence electrons. The predicted octanol–water partition coefficient (Wildman–Crippen LogP) is 3.24. The van der Waals surface area contributed by atoms with Crippen molar-refractivity contribution in [3.8, 4) is 5.75 Å². The quantitative estimate of drug-likeness (QED) is 0.810. The maximum atomic E-state index is 12.4. The Labute approximate surface area is 171 Å². The van der Waals surface area contributed by atoms with Crippen LogP contribution in [0.3, 0.4) is 0 Å². The minimum atomic E-state index is 0. The lowest BCUT2D eigenvalue weighted by Gasteiger charge is -2.19. The summed E-state index contributed by atoms with van der Waals surface area (Å²) in [6.45, 7) is 5.97. The maximum Gasteiger partial charge on any atom is 0.228 e. The molecule has 1 amide bonds. The fourth-order valence-corrected chi connectivity index (χ4v) is 3.34. The van der Waals surface area contributed by atoms with Crippen molar-refractivity contribution in [1.82, 2.24) is 15.2 Å². The molecule has 0 spiro atoms.